The fourth-order valence-electron chi connectivity index (χ4n) is 3.84. The quantitative estimate of drug-likeness (QED) is 0.534. The van der Waals surface area contributed by atoms with Gasteiger partial charge in [-0.2, -0.15) is 0 Å². The molecule has 5 rings (SSSR count). The number of hydrogen-bond acceptors (Lipinski definition) is 8. The van der Waals surface area contributed by atoms with E-state index in [0.717, 1.165) is 66.4 Å². The minimum absolute atomic E-state index is 0.697. The van der Waals surface area contributed by atoms with Crippen LogP contribution in [-0.4, -0.2) is 62.5 Å². The predicted octanol–water partition coefficient (Wildman–Crippen LogP) is 3.37. The van der Waals surface area contributed by atoms with E-state index in [-0.39, 0.29) is 0 Å². The van der Waals surface area contributed by atoms with Gasteiger partial charge in [-0.25, -0.2) is 15.0 Å². The zero-order valence-corrected chi connectivity index (χ0v) is 17.4. The molecule has 0 atom stereocenters. The third-order valence-electron chi connectivity index (χ3n) is 5.64. The first kappa shape index (κ1) is 19.3. The van der Waals surface area contributed by atoms with Crippen LogP contribution in [0.2, 0.25) is 0 Å². The van der Waals surface area contributed by atoms with Gasteiger partial charge in [-0.1, -0.05) is 19.1 Å². The van der Waals surface area contributed by atoms with E-state index in [2.05, 4.69) is 65.2 Å². The van der Waals surface area contributed by atoms with E-state index in [1.165, 1.54) is 0 Å². The third-order valence-corrected chi connectivity index (χ3v) is 5.64. The second kappa shape index (κ2) is 8.61. The van der Waals surface area contributed by atoms with Gasteiger partial charge in [-0.05, 0) is 24.2 Å². The number of pyridine rings is 1. The maximum Gasteiger partial charge on any atom is 0.225 e. The molecule has 4 heterocycles. The highest BCUT2D eigenvalue weighted by Gasteiger charge is 2.17. The highest BCUT2D eigenvalue weighted by Crippen LogP contribution is 2.28. The summed E-state index contributed by atoms with van der Waals surface area (Å²) in [6.07, 6.45) is 10.6. The van der Waals surface area contributed by atoms with Gasteiger partial charge in [0.1, 0.15) is 5.82 Å². The van der Waals surface area contributed by atoms with Crippen LogP contribution in [0.1, 0.15) is 6.92 Å². The SMILES string of the molecule is CCN1CCN(c2ncc(-c3ccc4c(Nc5cnccn5)ccnc4c3)cn2)CC1. The van der Waals surface area contributed by atoms with Gasteiger partial charge >= 0.3 is 0 Å². The lowest BCUT2D eigenvalue weighted by Gasteiger charge is -2.33. The maximum atomic E-state index is 4.63. The lowest BCUT2D eigenvalue weighted by Crippen LogP contribution is -2.46. The molecule has 1 fully saturated rings. The number of piperazine rings is 1. The average Bonchev–Trinajstić information content (AvgIpc) is 2.85. The van der Waals surface area contributed by atoms with Crippen LogP contribution in [0, 0.1) is 0 Å². The summed E-state index contributed by atoms with van der Waals surface area (Å²) < 4.78 is 0. The van der Waals surface area contributed by atoms with Gasteiger partial charge in [0.2, 0.25) is 5.95 Å². The van der Waals surface area contributed by atoms with E-state index in [1.54, 1.807) is 24.8 Å². The van der Waals surface area contributed by atoms with E-state index >= 15 is 0 Å². The first-order valence-corrected chi connectivity index (χ1v) is 10.5. The zero-order chi connectivity index (χ0) is 21.0. The van der Waals surface area contributed by atoms with Gasteiger partial charge in [-0.3, -0.25) is 9.97 Å². The molecule has 31 heavy (non-hydrogen) atoms. The van der Waals surface area contributed by atoms with Gasteiger partial charge < -0.3 is 15.1 Å². The normalized spacial score (nSPS) is 14.7. The van der Waals surface area contributed by atoms with Crippen molar-refractivity contribution in [2.45, 2.75) is 6.92 Å². The maximum absolute atomic E-state index is 4.63. The fourth-order valence-corrected chi connectivity index (χ4v) is 3.84. The Morgan fingerprint density at radius 1 is 0.839 bits per heavy atom. The van der Waals surface area contributed by atoms with E-state index in [9.17, 15) is 0 Å². The molecule has 0 saturated carbocycles. The number of benzene rings is 1. The van der Waals surface area contributed by atoms with Crippen molar-refractivity contribution in [2.24, 2.45) is 0 Å². The molecule has 0 amide bonds. The Morgan fingerprint density at radius 3 is 2.42 bits per heavy atom. The molecule has 0 spiro atoms. The van der Waals surface area contributed by atoms with Crippen molar-refractivity contribution in [3.05, 3.63) is 61.4 Å². The van der Waals surface area contributed by atoms with Crippen molar-refractivity contribution in [3.8, 4) is 11.1 Å². The number of nitrogens with one attached hydrogen (secondary N) is 1. The summed E-state index contributed by atoms with van der Waals surface area (Å²) in [5.74, 6) is 1.50. The van der Waals surface area contributed by atoms with Crippen LogP contribution in [0.4, 0.5) is 17.5 Å². The first-order valence-electron chi connectivity index (χ1n) is 10.5. The van der Waals surface area contributed by atoms with Crippen molar-refractivity contribution in [1.29, 1.82) is 0 Å². The molecule has 8 nitrogen and oxygen atoms in total. The standard InChI is InChI=1S/C23H24N8/c1-2-30-9-11-31(12-10-30)23-27-14-18(15-28-23)17-3-4-19-20(5-6-25-21(19)13-17)29-22-16-24-7-8-26-22/h3-8,13-16H,2,9-12H2,1H3,(H,25,26,29). The highest BCUT2D eigenvalue weighted by atomic mass is 15.3. The van der Waals surface area contributed by atoms with E-state index in [0.29, 0.717) is 5.82 Å². The number of fused-ring (bicyclic) bond motifs is 1. The van der Waals surface area contributed by atoms with Crippen molar-refractivity contribution in [1.82, 2.24) is 29.8 Å². The Labute approximate surface area is 181 Å². The van der Waals surface area contributed by atoms with Crippen molar-refractivity contribution in [2.75, 3.05) is 42.9 Å². The molecule has 1 N–H and O–H groups in total. The number of anilines is 3. The number of rotatable bonds is 5. The number of aromatic nitrogens is 5. The lowest BCUT2D eigenvalue weighted by atomic mass is 10.1. The summed E-state index contributed by atoms with van der Waals surface area (Å²) in [6.45, 7) is 7.35. The number of nitrogens with zero attached hydrogens (tertiary/aromatic N) is 7. The van der Waals surface area contributed by atoms with E-state index in [1.807, 2.05) is 18.5 Å². The minimum Gasteiger partial charge on any atom is -0.338 e. The van der Waals surface area contributed by atoms with Crippen molar-refractivity contribution >= 4 is 28.4 Å². The van der Waals surface area contributed by atoms with E-state index in [4.69, 9.17) is 0 Å². The largest absolute Gasteiger partial charge is 0.338 e. The van der Waals surface area contributed by atoms with Gasteiger partial charge in [0.15, 0.2) is 0 Å². The minimum atomic E-state index is 0.697. The fraction of sp³-hybridized carbons (Fsp3) is 0.261. The molecule has 0 aliphatic carbocycles. The van der Waals surface area contributed by atoms with Crippen LogP contribution < -0.4 is 10.2 Å². The zero-order valence-electron chi connectivity index (χ0n) is 17.4. The van der Waals surface area contributed by atoms with Crippen LogP contribution in [0.3, 0.4) is 0 Å². The summed E-state index contributed by atoms with van der Waals surface area (Å²) in [5.41, 5.74) is 3.85. The Bertz CT molecular complexity index is 1160. The summed E-state index contributed by atoms with van der Waals surface area (Å²) in [5, 5.41) is 4.33. The molecule has 4 aromatic rings. The smallest absolute Gasteiger partial charge is 0.225 e. The molecule has 1 aliphatic rings. The average molecular weight is 413 g/mol. The Balaban J connectivity index is 1.37. The monoisotopic (exact) mass is 412 g/mol. The van der Waals surface area contributed by atoms with Gasteiger partial charge in [0.25, 0.3) is 0 Å². The molecule has 156 valence electrons. The second-order valence-electron chi connectivity index (χ2n) is 7.50. The first-order chi connectivity index (χ1) is 15.3. The molecule has 8 heteroatoms. The number of likely N-dealkylation sites (N-methyl/N-ethyl adjacent to an activating group) is 1. The lowest BCUT2D eigenvalue weighted by molar-refractivity contribution is 0.270. The van der Waals surface area contributed by atoms with Crippen molar-refractivity contribution < 1.29 is 0 Å². The molecule has 0 radical (unpaired) electrons. The number of hydrogen-bond donors (Lipinski definition) is 1. The van der Waals surface area contributed by atoms with Crippen LogP contribution >= 0.6 is 0 Å². The second-order valence-corrected chi connectivity index (χ2v) is 7.50. The van der Waals surface area contributed by atoms with E-state index < -0.39 is 0 Å². The van der Waals surface area contributed by atoms with Gasteiger partial charge in [-0.15, -0.1) is 0 Å². The van der Waals surface area contributed by atoms with Crippen LogP contribution in [0.25, 0.3) is 22.0 Å². The molecule has 0 bridgehead atoms. The third kappa shape index (κ3) is 4.15. The summed E-state index contributed by atoms with van der Waals surface area (Å²) in [6, 6.07) is 8.14. The van der Waals surface area contributed by atoms with Crippen LogP contribution in [0.5, 0.6) is 0 Å². The molecule has 1 aliphatic heterocycles. The van der Waals surface area contributed by atoms with Crippen LogP contribution in [0.15, 0.2) is 61.4 Å². The van der Waals surface area contributed by atoms with Crippen molar-refractivity contribution in [3.63, 3.8) is 0 Å². The molecule has 0 unspecified atom stereocenters. The molecular weight excluding hydrogens is 388 g/mol. The molecule has 1 saturated heterocycles. The Morgan fingerprint density at radius 2 is 1.68 bits per heavy atom. The van der Waals surface area contributed by atoms with Gasteiger partial charge in [0, 0.05) is 68.1 Å². The van der Waals surface area contributed by atoms with Gasteiger partial charge in [0.05, 0.1) is 17.4 Å². The molecule has 3 aromatic heterocycles. The molecule has 1 aromatic carbocycles. The highest BCUT2D eigenvalue weighted by molar-refractivity contribution is 5.94. The topological polar surface area (TPSA) is 83.0 Å². The Kier molecular flexibility index (Phi) is 5.37. The van der Waals surface area contributed by atoms with Crippen LogP contribution in [-0.2, 0) is 0 Å². The molecular formula is C23H24N8. The summed E-state index contributed by atoms with van der Waals surface area (Å²) >= 11 is 0. The Hall–Kier alpha value is -3.65. The summed E-state index contributed by atoms with van der Waals surface area (Å²) in [7, 11) is 0. The summed E-state index contributed by atoms with van der Waals surface area (Å²) in [4.78, 5) is 26.9. The predicted molar refractivity (Wildman–Crippen MR) is 122 cm³/mol.